The molecule has 0 aromatic rings. The molecule has 0 aliphatic heterocycles. The third-order valence-electron chi connectivity index (χ3n) is 12.7. The monoisotopic (exact) mass is 903 g/mol. The zero-order valence-electron chi connectivity index (χ0n) is 42.9. The summed E-state index contributed by atoms with van der Waals surface area (Å²) in [5.41, 5.74) is 0. The van der Waals surface area contributed by atoms with Gasteiger partial charge in [0.05, 0.1) is 26.8 Å². The molecule has 9 nitrogen and oxygen atoms in total. The van der Waals surface area contributed by atoms with Crippen LogP contribution in [-0.2, 0) is 17.7 Å². The molecule has 0 aliphatic carbocycles. The van der Waals surface area contributed by atoms with Crippen LogP contribution in [-0.4, -0.2) is 141 Å². The first-order chi connectivity index (χ1) is 30.2. The van der Waals surface area contributed by atoms with Crippen LogP contribution < -0.4 is 0 Å². The second-order valence-corrected chi connectivity index (χ2v) is 21.9. The highest BCUT2D eigenvalue weighted by atomic mass is 28.4. The van der Waals surface area contributed by atoms with Gasteiger partial charge in [-0.2, -0.15) is 0 Å². The number of hydrogen-bond acceptors (Lipinski definition) is 8. The molecule has 0 amide bonds. The van der Waals surface area contributed by atoms with Crippen molar-refractivity contribution >= 4 is 9.05 Å². The number of quaternary nitrogens is 1. The fraction of sp³-hybridized carbons (Fsp3) is 1.00. The summed E-state index contributed by atoms with van der Waals surface area (Å²) in [5, 5.41) is 19.0. The van der Waals surface area contributed by atoms with E-state index in [4.69, 9.17) is 17.7 Å². The minimum Gasteiger partial charge on any atom is -0.391 e. The van der Waals surface area contributed by atoms with Crippen LogP contribution in [0.3, 0.4) is 0 Å². The van der Waals surface area contributed by atoms with Crippen LogP contribution in [0.5, 0.6) is 0 Å². The number of unbranched alkanes of at least 4 members (excludes halogenated alkanes) is 31. The maximum absolute atomic E-state index is 9.52. The van der Waals surface area contributed by atoms with Crippen LogP contribution in [0.1, 0.15) is 232 Å². The van der Waals surface area contributed by atoms with Crippen LogP contribution >= 0.6 is 0 Å². The van der Waals surface area contributed by atoms with E-state index in [1.807, 2.05) is 0 Å². The molecule has 0 heterocycles. The molecule has 2 N–H and O–H groups in total. The molecule has 0 atom stereocenters. The van der Waals surface area contributed by atoms with Crippen molar-refractivity contribution in [3.8, 4) is 0 Å². The molecule has 374 valence electrons. The van der Waals surface area contributed by atoms with Gasteiger partial charge in [0, 0.05) is 26.4 Å². The molecule has 0 aromatic heterocycles. The highest BCUT2D eigenvalue weighted by Gasteiger charge is 2.45. The number of nitrogens with zero attached hydrogens (tertiary/aromatic N) is 3. The first-order valence-corrected chi connectivity index (χ1v) is 28.8. The van der Waals surface area contributed by atoms with E-state index in [0.717, 1.165) is 68.8 Å². The van der Waals surface area contributed by atoms with Crippen molar-refractivity contribution in [3.05, 3.63) is 0 Å². The molecule has 0 aliphatic rings. The Labute approximate surface area is 389 Å². The van der Waals surface area contributed by atoms with E-state index in [1.165, 1.54) is 180 Å². The zero-order valence-corrected chi connectivity index (χ0v) is 43.9. The lowest BCUT2D eigenvalue weighted by Gasteiger charge is -2.33. The number of rotatable bonds is 53. The summed E-state index contributed by atoms with van der Waals surface area (Å²) in [7, 11) is 7.58. The molecule has 0 spiro atoms. The average molecular weight is 904 g/mol. The summed E-state index contributed by atoms with van der Waals surface area (Å²) >= 11 is 0. The average Bonchev–Trinajstić information content (AvgIpc) is 3.24. The summed E-state index contributed by atoms with van der Waals surface area (Å²) in [4.78, 5) is 4.59. The van der Waals surface area contributed by atoms with Gasteiger partial charge >= 0.3 is 9.05 Å². The Hall–Kier alpha value is -0.143. The van der Waals surface area contributed by atoms with Gasteiger partial charge < -0.3 is 42.2 Å². The quantitative estimate of drug-likeness (QED) is 0.0355. The molecule has 0 unspecified atom stereocenters. The van der Waals surface area contributed by atoms with Gasteiger partial charge in [0.1, 0.15) is 13.1 Å². The Morgan fingerprint density at radius 2 is 0.581 bits per heavy atom. The molecule has 62 heavy (non-hydrogen) atoms. The van der Waals surface area contributed by atoms with Crippen molar-refractivity contribution in [2.75, 3.05) is 108 Å². The summed E-state index contributed by atoms with van der Waals surface area (Å²) < 4.78 is 27.1. The van der Waals surface area contributed by atoms with E-state index >= 15 is 0 Å². The number of aliphatic hydroxyl groups excluding tert-OH is 2. The second kappa shape index (κ2) is 47.4. The lowest BCUT2D eigenvalue weighted by Crippen LogP contribution is -2.50. The Kier molecular flexibility index (Phi) is 47.2. The predicted octanol–water partition coefficient (Wildman–Crippen LogP) is 12.7. The van der Waals surface area contributed by atoms with Crippen LogP contribution in [0, 0.1) is 0 Å². The zero-order chi connectivity index (χ0) is 45.5. The highest BCUT2D eigenvalue weighted by molar-refractivity contribution is 6.53. The standard InChI is InChI=1S/C52H112N3O6Si/c1-7-8-38-49-58-62(61-52-41-34-31-37-44-55(6,45-47-56)46-48-57,59-50-39-32-27-23-19-15-11-9-13-17-21-25-29-35-42-53(2)3)60-51-40-33-28-24-20-16-12-10-14-18-22-26-30-36-43-54(4)5/h56-57H,7-52H2,1-6H3/q+1. The Balaban J connectivity index is 4.67. The molecule has 0 saturated heterocycles. The Morgan fingerprint density at radius 3 is 0.839 bits per heavy atom. The molecule has 0 bridgehead atoms. The summed E-state index contributed by atoms with van der Waals surface area (Å²) in [5.74, 6) is 0. The van der Waals surface area contributed by atoms with Crippen LogP contribution in [0.4, 0.5) is 0 Å². The Bertz CT molecular complexity index is 824. The highest BCUT2D eigenvalue weighted by Crippen LogP contribution is 2.20. The lowest BCUT2D eigenvalue weighted by molar-refractivity contribution is -0.910. The van der Waals surface area contributed by atoms with Gasteiger partial charge in [0.25, 0.3) is 0 Å². The molecule has 0 rings (SSSR count). The van der Waals surface area contributed by atoms with Gasteiger partial charge in [-0.3, -0.25) is 0 Å². The topological polar surface area (TPSA) is 83.9 Å². The SMILES string of the molecule is CCCCCO[Si](OCCCCCCCCCCCCCCCCN(C)C)(OCCCCCCCCCCCCCCCCN(C)C)OCCCCCC[N+](C)(CCO)CCO. The lowest BCUT2D eigenvalue weighted by atomic mass is 10.0. The molecule has 0 saturated carbocycles. The maximum Gasteiger partial charge on any atom is 0.679 e. The van der Waals surface area contributed by atoms with E-state index in [9.17, 15) is 10.2 Å². The van der Waals surface area contributed by atoms with Crippen LogP contribution in [0.15, 0.2) is 0 Å². The third-order valence-corrected chi connectivity index (χ3v) is 15.0. The molecule has 10 heteroatoms. The van der Waals surface area contributed by atoms with E-state index in [0.29, 0.717) is 39.5 Å². The fourth-order valence-electron chi connectivity index (χ4n) is 8.46. The van der Waals surface area contributed by atoms with Gasteiger partial charge in [0.2, 0.25) is 0 Å². The first-order valence-electron chi connectivity index (χ1n) is 27.1. The van der Waals surface area contributed by atoms with E-state index in [1.54, 1.807) is 0 Å². The summed E-state index contributed by atoms with van der Waals surface area (Å²) in [6.07, 6.45) is 45.0. The predicted molar refractivity (Wildman–Crippen MR) is 269 cm³/mol. The minimum atomic E-state index is -3.25. The van der Waals surface area contributed by atoms with Gasteiger partial charge in [-0.15, -0.1) is 0 Å². The second-order valence-electron chi connectivity index (χ2n) is 19.8. The van der Waals surface area contributed by atoms with Gasteiger partial charge in [-0.25, -0.2) is 0 Å². The van der Waals surface area contributed by atoms with E-state index in [2.05, 4.69) is 52.0 Å². The normalized spacial score (nSPS) is 12.5. The molecular weight excluding hydrogens is 791 g/mol. The fourth-order valence-corrected chi connectivity index (χ4v) is 10.5. The van der Waals surface area contributed by atoms with Gasteiger partial charge in [0.15, 0.2) is 0 Å². The van der Waals surface area contributed by atoms with Crippen molar-refractivity contribution in [2.24, 2.45) is 0 Å². The number of likely N-dealkylation sites (N-methyl/N-ethyl adjacent to an activating group) is 1. The van der Waals surface area contributed by atoms with Gasteiger partial charge in [-0.05, 0) is 92.6 Å². The maximum atomic E-state index is 9.52. The number of hydrogen-bond donors (Lipinski definition) is 2. The van der Waals surface area contributed by atoms with Crippen LogP contribution in [0.2, 0.25) is 0 Å². The van der Waals surface area contributed by atoms with Crippen LogP contribution in [0.25, 0.3) is 0 Å². The Morgan fingerprint density at radius 1 is 0.339 bits per heavy atom. The molecular formula is C52H112N3O6Si+. The van der Waals surface area contributed by atoms with E-state index in [-0.39, 0.29) is 13.2 Å². The summed E-state index contributed by atoms with van der Waals surface area (Å²) in [6.45, 7) is 9.91. The molecule has 0 fully saturated rings. The number of aliphatic hydroxyl groups is 2. The molecule has 0 aromatic carbocycles. The van der Waals surface area contributed by atoms with E-state index < -0.39 is 9.05 Å². The van der Waals surface area contributed by atoms with Crippen molar-refractivity contribution in [2.45, 2.75) is 232 Å². The summed E-state index contributed by atoms with van der Waals surface area (Å²) in [6, 6.07) is 0. The van der Waals surface area contributed by atoms with Crippen molar-refractivity contribution in [3.63, 3.8) is 0 Å². The smallest absolute Gasteiger partial charge is 0.391 e. The molecule has 0 radical (unpaired) electrons. The van der Waals surface area contributed by atoms with Gasteiger partial charge in [-0.1, -0.05) is 180 Å². The van der Waals surface area contributed by atoms with Crippen molar-refractivity contribution in [1.82, 2.24) is 9.80 Å². The minimum absolute atomic E-state index is 0.159. The first kappa shape index (κ1) is 61.9. The van der Waals surface area contributed by atoms with Crippen molar-refractivity contribution in [1.29, 1.82) is 0 Å². The van der Waals surface area contributed by atoms with Crippen molar-refractivity contribution < 1.29 is 32.4 Å². The third kappa shape index (κ3) is 43.7. The largest absolute Gasteiger partial charge is 0.679 e.